The van der Waals surface area contributed by atoms with Crippen molar-refractivity contribution in [2.24, 2.45) is 11.7 Å². The maximum atomic E-state index is 6.55. The quantitative estimate of drug-likeness (QED) is 0.824. The van der Waals surface area contributed by atoms with Crippen LogP contribution in [0.2, 0.25) is 0 Å². The molecule has 1 aliphatic carbocycles. The summed E-state index contributed by atoms with van der Waals surface area (Å²) in [6.45, 7) is 8.95. The van der Waals surface area contributed by atoms with Crippen LogP contribution in [0.4, 0.5) is 0 Å². The third kappa shape index (κ3) is 2.16. The predicted molar refractivity (Wildman–Crippen MR) is 86.0 cm³/mol. The molecule has 1 fully saturated rings. The van der Waals surface area contributed by atoms with Gasteiger partial charge < -0.3 is 10.7 Å². The number of aromatic nitrogens is 1. The van der Waals surface area contributed by atoms with Crippen LogP contribution in [-0.4, -0.2) is 4.98 Å². The summed E-state index contributed by atoms with van der Waals surface area (Å²) in [7, 11) is 0. The molecule has 3 N–H and O–H groups in total. The monoisotopic (exact) mass is 270 g/mol. The maximum Gasteiger partial charge on any atom is 0.0459 e. The summed E-state index contributed by atoms with van der Waals surface area (Å²) in [5.74, 6) is 0.672. The number of aryl methyl sites for hydroxylation is 1. The third-order valence-electron chi connectivity index (χ3n) is 4.89. The average Bonchev–Trinajstić information content (AvgIpc) is 2.59. The fraction of sp³-hybridized carbons (Fsp3) is 0.556. The predicted octanol–water partition coefficient (Wildman–Crippen LogP) is 4.57. The second kappa shape index (κ2) is 4.63. The van der Waals surface area contributed by atoms with Crippen molar-refractivity contribution in [1.29, 1.82) is 0 Å². The standard InChI is InChI=1S/C18H26N2/c1-11-16(17(19)12-6-5-7-12)14-10-13(18(2,3)4)8-9-15(14)20-11/h8-10,12,17,20H,5-7,19H2,1-4H3. The highest BCUT2D eigenvalue weighted by molar-refractivity contribution is 5.86. The largest absolute Gasteiger partial charge is 0.358 e. The number of rotatable bonds is 2. The van der Waals surface area contributed by atoms with Crippen LogP contribution in [0.5, 0.6) is 0 Å². The Morgan fingerprint density at radius 2 is 1.95 bits per heavy atom. The molecule has 20 heavy (non-hydrogen) atoms. The molecule has 0 bridgehead atoms. The van der Waals surface area contributed by atoms with Gasteiger partial charge in [-0.2, -0.15) is 0 Å². The number of aromatic amines is 1. The number of fused-ring (bicyclic) bond motifs is 1. The van der Waals surface area contributed by atoms with Crippen LogP contribution in [-0.2, 0) is 5.41 Å². The van der Waals surface area contributed by atoms with Gasteiger partial charge in [0.25, 0.3) is 0 Å². The molecule has 1 aromatic carbocycles. The van der Waals surface area contributed by atoms with E-state index in [0.717, 1.165) is 0 Å². The second-order valence-electron chi connectivity index (χ2n) is 7.39. The Kier molecular flexibility index (Phi) is 3.17. The summed E-state index contributed by atoms with van der Waals surface area (Å²) in [6, 6.07) is 6.97. The molecule has 1 aliphatic rings. The van der Waals surface area contributed by atoms with Gasteiger partial charge in [0, 0.05) is 22.6 Å². The van der Waals surface area contributed by atoms with Crippen LogP contribution < -0.4 is 5.73 Å². The summed E-state index contributed by atoms with van der Waals surface area (Å²) in [5.41, 5.74) is 11.9. The molecule has 0 amide bonds. The molecule has 2 aromatic rings. The molecule has 2 heteroatoms. The van der Waals surface area contributed by atoms with Crippen LogP contribution in [0.25, 0.3) is 10.9 Å². The van der Waals surface area contributed by atoms with Crippen LogP contribution >= 0.6 is 0 Å². The van der Waals surface area contributed by atoms with Gasteiger partial charge in [-0.3, -0.25) is 0 Å². The van der Waals surface area contributed by atoms with Crippen molar-refractivity contribution in [1.82, 2.24) is 4.98 Å². The van der Waals surface area contributed by atoms with Crippen molar-refractivity contribution in [3.63, 3.8) is 0 Å². The molecule has 1 saturated carbocycles. The molecular weight excluding hydrogens is 244 g/mol. The van der Waals surface area contributed by atoms with Gasteiger partial charge in [-0.1, -0.05) is 33.3 Å². The lowest BCUT2D eigenvalue weighted by molar-refractivity contribution is 0.265. The van der Waals surface area contributed by atoms with Gasteiger partial charge in [0.15, 0.2) is 0 Å². The van der Waals surface area contributed by atoms with Crippen molar-refractivity contribution in [3.8, 4) is 0 Å². The minimum Gasteiger partial charge on any atom is -0.358 e. The van der Waals surface area contributed by atoms with E-state index in [2.05, 4.69) is 50.9 Å². The molecule has 0 aliphatic heterocycles. The van der Waals surface area contributed by atoms with Gasteiger partial charge in [0.05, 0.1) is 0 Å². The Hall–Kier alpha value is -1.28. The Balaban J connectivity index is 2.12. The number of nitrogens with two attached hydrogens (primary N) is 1. The first kappa shape index (κ1) is 13.7. The van der Waals surface area contributed by atoms with Crippen molar-refractivity contribution in [3.05, 3.63) is 35.0 Å². The minimum absolute atomic E-state index is 0.178. The van der Waals surface area contributed by atoms with E-state index in [-0.39, 0.29) is 11.5 Å². The van der Waals surface area contributed by atoms with E-state index in [1.165, 1.54) is 47.0 Å². The lowest BCUT2D eigenvalue weighted by atomic mass is 9.76. The summed E-state index contributed by atoms with van der Waals surface area (Å²) >= 11 is 0. The maximum absolute atomic E-state index is 6.55. The zero-order valence-corrected chi connectivity index (χ0v) is 13.1. The lowest BCUT2D eigenvalue weighted by Gasteiger charge is -2.31. The van der Waals surface area contributed by atoms with Crippen LogP contribution in [0, 0.1) is 12.8 Å². The van der Waals surface area contributed by atoms with E-state index < -0.39 is 0 Å². The summed E-state index contributed by atoms with van der Waals surface area (Å²) in [6.07, 6.45) is 3.91. The number of H-pyrrole nitrogens is 1. The summed E-state index contributed by atoms with van der Waals surface area (Å²) in [5, 5.41) is 1.33. The average molecular weight is 270 g/mol. The van der Waals surface area contributed by atoms with Crippen molar-refractivity contribution in [2.45, 2.75) is 58.4 Å². The first-order valence-electron chi connectivity index (χ1n) is 7.76. The van der Waals surface area contributed by atoms with E-state index in [0.29, 0.717) is 5.92 Å². The minimum atomic E-state index is 0.178. The number of hydrogen-bond donors (Lipinski definition) is 2. The van der Waals surface area contributed by atoms with E-state index in [9.17, 15) is 0 Å². The van der Waals surface area contributed by atoms with Gasteiger partial charge in [-0.15, -0.1) is 0 Å². The summed E-state index contributed by atoms with van der Waals surface area (Å²) < 4.78 is 0. The molecule has 0 spiro atoms. The number of benzene rings is 1. The fourth-order valence-corrected chi connectivity index (χ4v) is 3.28. The fourth-order valence-electron chi connectivity index (χ4n) is 3.28. The first-order chi connectivity index (χ1) is 9.38. The molecule has 1 aromatic heterocycles. The van der Waals surface area contributed by atoms with Crippen LogP contribution in [0.15, 0.2) is 18.2 Å². The Morgan fingerprint density at radius 3 is 2.50 bits per heavy atom. The molecule has 2 nitrogen and oxygen atoms in total. The van der Waals surface area contributed by atoms with Gasteiger partial charge in [-0.25, -0.2) is 0 Å². The molecule has 1 unspecified atom stereocenters. The normalized spacial score (nSPS) is 18.2. The number of nitrogens with one attached hydrogen (secondary N) is 1. The lowest BCUT2D eigenvalue weighted by Crippen LogP contribution is -2.27. The van der Waals surface area contributed by atoms with E-state index >= 15 is 0 Å². The van der Waals surface area contributed by atoms with E-state index in [1.54, 1.807) is 0 Å². The van der Waals surface area contributed by atoms with E-state index in [4.69, 9.17) is 5.73 Å². The molecule has 1 atom stereocenters. The van der Waals surface area contributed by atoms with Crippen LogP contribution in [0.3, 0.4) is 0 Å². The first-order valence-corrected chi connectivity index (χ1v) is 7.76. The SMILES string of the molecule is Cc1[nH]c2ccc(C(C)(C)C)cc2c1C(N)C1CCC1. The van der Waals surface area contributed by atoms with Crippen molar-refractivity contribution < 1.29 is 0 Å². The van der Waals surface area contributed by atoms with Crippen molar-refractivity contribution >= 4 is 10.9 Å². The zero-order chi connectivity index (χ0) is 14.5. The number of hydrogen-bond acceptors (Lipinski definition) is 1. The Bertz CT molecular complexity index is 627. The highest BCUT2D eigenvalue weighted by atomic mass is 14.8. The van der Waals surface area contributed by atoms with Gasteiger partial charge >= 0.3 is 0 Å². The molecule has 3 rings (SSSR count). The van der Waals surface area contributed by atoms with Crippen LogP contribution in [0.1, 0.15) is 62.9 Å². The summed E-state index contributed by atoms with van der Waals surface area (Å²) in [4.78, 5) is 3.51. The molecule has 108 valence electrons. The van der Waals surface area contributed by atoms with Gasteiger partial charge in [-0.05, 0) is 54.4 Å². The van der Waals surface area contributed by atoms with Crippen molar-refractivity contribution in [2.75, 3.05) is 0 Å². The Morgan fingerprint density at radius 1 is 1.25 bits per heavy atom. The van der Waals surface area contributed by atoms with Gasteiger partial charge in [0.1, 0.15) is 0 Å². The zero-order valence-electron chi connectivity index (χ0n) is 13.1. The van der Waals surface area contributed by atoms with Gasteiger partial charge in [0.2, 0.25) is 0 Å². The Labute approximate surface area is 121 Å². The smallest absolute Gasteiger partial charge is 0.0459 e. The molecule has 0 radical (unpaired) electrons. The molecule has 0 saturated heterocycles. The van der Waals surface area contributed by atoms with E-state index in [1.807, 2.05) is 0 Å². The molecular formula is C18H26N2. The molecule has 1 heterocycles. The highest BCUT2D eigenvalue weighted by Crippen LogP contribution is 2.40. The second-order valence-corrected chi connectivity index (χ2v) is 7.39. The topological polar surface area (TPSA) is 41.8 Å². The third-order valence-corrected chi connectivity index (χ3v) is 4.89. The highest BCUT2D eigenvalue weighted by Gasteiger charge is 2.29.